The fourth-order valence-corrected chi connectivity index (χ4v) is 4.99. The van der Waals surface area contributed by atoms with E-state index in [1.807, 2.05) is 36.4 Å². The second-order valence-electron chi connectivity index (χ2n) is 7.95. The van der Waals surface area contributed by atoms with Gasteiger partial charge in [-0.3, -0.25) is 9.97 Å². The van der Waals surface area contributed by atoms with Gasteiger partial charge < -0.3 is 18.8 Å². The summed E-state index contributed by atoms with van der Waals surface area (Å²) in [6, 6.07) is 11.3. The second-order valence-corrected chi connectivity index (χ2v) is 9.32. The molecule has 1 saturated heterocycles. The maximum absolute atomic E-state index is 12.7. The van der Waals surface area contributed by atoms with Crippen LogP contribution >= 0.6 is 0 Å². The zero-order valence-electron chi connectivity index (χ0n) is 16.7. The number of para-hydroxylation sites is 2. The number of aromatic nitrogens is 3. The molecule has 1 spiro atoms. The van der Waals surface area contributed by atoms with Crippen LogP contribution in [0.5, 0.6) is 5.75 Å². The van der Waals surface area contributed by atoms with E-state index in [0.29, 0.717) is 36.4 Å². The van der Waals surface area contributed by atoms with E-state index in [4.69, 9.17) is 14.2 Å². The minimum atomic E-state index is -1.31. The molecule has 1 aliphatic carbocycles. The van der Waals surface area contributed by atoms with E-state index in [9.17, 15) is 4.55 Å². The molecule has 7 nitrogen and oxygen atoms in total. The van der Waals surface area contributed by atoms with Crippen molar-refractivity contribution in [2.45, 2.75) is 42.4 Å². The third kappa shape index (κ3) is 5.45. The van der Waals surface area contributed by atoms with Gasteiger partial charge in [0.05, 0.1) is 36.5 Å². The molecule has 0 radical (unpaired) electrons. The Morgan fingerprint density at radius 1 is 1.16 bits per heavy atom. The van der Waals surface area contributed by atoms with Gasteiger partial charge in [-0.15, -0.1) is 0 Å². The third-order valence-corrected chi connectivity index (χ3v) is 6.85. The van der Waals surface area contributed by atoms with E-state index < -0.39 is 11.2 Å². The maximum Gasteiger partial charge on any atom is 0.322 e. The van der Waals surface area contributed by atoms with Crippen LogP contribution < -0.4 is 4.74 Å². The molecule has 5 rings (SSSR count). The number of hydrogen-bond donors (Lipinski definition) is 1. The summed E-state index contributed by atoms with van der Waals surface area (Å²) in [7, 11) is 0. The topological polar surface area (TPSA) is 92.3 Å². The van der Waals surface area contributed by atoms with E-state index in [0.717, 1.165) is 23.9 Å². The summed E-state index contributed by atoms with van der Waals surface area (Å²) in [6.45, 7) is 1.84. The smallest absolute Gasteiger partial charge is 0.322 e. The van der Waals surface area contributed by atoms with Crippen LogP contribution in [0.2, 0.25) is 0 Å². The molecule has 1 aromatic carbocycles. The molecule has 1 N–H and O–H groups in total. The number of imidazole rings is 1. The number of rotatable bonds is 6. The summed E-state index contributed by atoms with van der Waals surface area (Å²) in [5.74, 6) is 0.858. The van der Waals surface area contributed by atoms with Crippen molar-refractivity contribution in [3.05, 3.63) is 48.3 Å². The largest absolute Gasteiger partial charge is 0.609 e. The molecular formula is C22H26N3NaO4S. The van der Waals surface area contributed by atoms with Crippen molar-refractivity contribution in [2.24, 2.45) is 5.92 Å². The first-order chi connectivity index (χ1) is 14.7. The number of aromatic amines is 1. The van der Waals surface area contributed by atoms with Gasteiger partial charge >= 0.3 is 34.7 Å². The van der Waals surface area contributed by atoms with E-state index in [1.165, 1.54) is 12.8 Å². The molecule has 9 heteroatoms. The standard InChI is InChI=1S/C22H25N3O4S.Na.H/c26-30(21-24-19-5-1-2-6-20(19)25-21)15-17-11-18(7-10-23-17)27-12-16-13-28-22(29-14-16)8-3-4-9-22;;/h1-2,5-7,10-11,16H,3-4,8-9,12-15H2,(H,24,25);;. The number of nitrogens with zero attached hydrogens (tertiary/aromatic N) is 2. The van der Waals surface area contributed by atoms with E-state index in [1.54, 1.807) is 6.20 Å². The first kappa shape index (κ1) is 23.0. The Labute approximate surface area is 206 Å². The maximum atomic E-state index is 12.7. The molecule has 2 fully saturated rings. The van der Waals surface area contributed by atoms with E-state index >= 15 is 0 Å². The molecule has 31 heavy (non-hydrogen) atoms. The van der Waals surface area contributed by atoms with Crippen LogP contribution in [0, 0.1) is 5.92 Å². The SMILES string of the molecule is [NaH].[O-][S+](Cc1cc(OCC2COC3(CCCC3)OC2)ccn1)c1nc2ccccc2[nH]1. The molecule has 2 aliphatic rings. The summed E-state index contributed by atoms with van der Waals surface area (Å²) in [4.78, 5) is 11.9. The number of fused-ring (bicyclic) bond motifs is 1. The van der Waals surface area contributed by atoms with Crippen LogP contribution in [-0.2, 0) is 26.4 Å². The summed E-state index contributed by atoms with van der Waals surface area (Å²) < 4.78 is 30.7. The number of ether oxygens (including phenoxy) is 3. The van der Waals surface area contributed by atoms with Crippen molar-refractivity contribution in [1.29, 1.82) is 0 Å². The Hall–Kier alpha value is -1.13. The zero-order chi connectivity index (χ0) is 20.4. The third-order valence-electron chi connectivity index (χ3n) is 5.67. The summed E-state index contributed by atoms with van der Waals surface area (Å²) in [5, 5.41) is 0.460. The first-order valence-electron chi connectivity index (χ1n) is 10.4. The summed E-state index contributed by atoms with van der Waals surface area (Å²) in [5.41, 5.74) is 2.39. The number of pyridine rings is 1. The van der Waals surface area contributed by atoms with Gasteiger partial charge in [-0.1, -0.05) is 12.1 Å². The van der Waals surface area contributed by atoms with Crippen molar-refractivity contribution in [3.63, 3.8) is 0 Å². The molecule has 3 aromatic rings. The molecule has 0 amide bonds. The van der Waals surface area contributed by atoms with Gasteiger partial charge in [-0.2, -0.15) is 4.98 Å². The monoisotopic (exact) mass is 451 g/mol. The quantitative estimate of drug-likeness (QED) is 0.458. The predicted octanol–water partition coefficient (Wildman–Crippen LogP) is 2.93. The molecule has 1 saturated carbocycles. The van der Waals surface area contributed by atoms with E-state index in [-0.39, 0.29) is 47.0 Å². The minimum Gasteiger partial charge on any atom is -0.609 e. The van der Waals surface area contributed by atoms with Crippen molar-refractivity contribution >= 4 is 51.8 Å². The Kier molecular flexibility index (Phi) is 7.59. The summed E-state index contributed by atoms with van der Waals surface area (Å²) in [6.07, 6.45) is 6.03. The van der Waals surface area contributed by atoms with Crippen molar-refractivity contribution < 1.29 is 18.8 Å². The van der Waals surface area contributed by atoms with Gasteiger partial charge in [0.25, 0.3) is 0 Å². The van der Waals surface area contributed by atoms with Crippen molar-refractivity contribution in [3.8, 4) is 5.75 Å². The Bertz CT molecular complexity index is 968. The molecule has 1 atom stereocenters. The van der Waals surface area contributed by atoms with Crippen LogP contribution in [-0.4, -0.2) is 74.7 Å². The molecule has 1 unspecified atom stereocenters. The molecule has 3 heterocycles. The van der Waals surface area contributed by atoms with Crippen LogP contribution in [0.15, 0.2) is 47.8 Å². The predicted molar refractivity (Wildman–Crippen MR) is 120 cm³/mol. The Balaban J connectivity index is 0.00000231. The fourth-order valence-electron chi connectivity index (χ4n) is 4.01. The zero-order valence-corrected chi connectivity index (χ0v) is 17.5. The number of hydrogen-bond acceptors (Lipinski definition) is 6. The van der Waals surface area contributed by atoms with Gasteiger partial charge in [0, 0.05) is 42.2 Å². The van der Waals surface area contributed by atoms with Crippen LogP contribution in [0.3, 0.4) is 0 Å². The Morgan fingerprint density at radius 3 is 2.71 bits per heavy atom. The number of nitrogens with one attached hydrogen (secondary N) is 1. The van der Waals surface area contributed by atoms with Gasteiger partial charge in [0.1, 0.15) is 5.75 Å². The number of H-pyrrole nitrogens is 1. The van der Waals surface area contributed by atoms with Crippen LogP contribution in [0.4, 0.5) is 0 Å². The van der Waals surface area contributed by atoms with Crippen molar-refractivity contribution in [1.82, 2.24) is 15.0 Å². The van der Waals surface area contributed by atoms with Crippen LogP contribution in [0.25, 0.3) is 11.0 Å². The average Bonchev–Trinajstić information content (AvgIpc) is 3.41. The molecule has 0 bridgehead atoms. The van der Waals surface area contributed by atoms with Gasteiger partial charge in [-0.05, 0) is 31.0 Å². The normalized spacial score (nSPS) is 19.4. The van der Waals surface area contributed by atoms with Gasteiger partial charge in [0.15, 0.2) is 11.5 Å². The molecule has 160 valence electrons. The van der Waals surface area contributed by atoms with Crippen LogP contribution in [0.1, 0.15) is 31.4 Å². The molecule has 1 aliphatic heterocycles. The van der Waals surface area contributed by atoms with Gasteiger partial charge in [0.2, 0.25) is 0 Å². The molecular weight excluding hydrogens is 425 g/mol. The average molecular weight is 452 g/mol. The van der Waals surface area contributed by atoms with Gasteiger partial charge in [-0.25, -0.2) is 0 Å². The second kappa shape index (κ2) is 10.2. The first-order valence-corrected chi connectivity index (χ1v) is 11.7. The van der Waals surface area contributed by atoms with E-state index in [2.05, 4.69) is 15.0 Å². The minimum absolute atomic E-state index is 0. The Morgan fingerprint density at radius 2 is 1.94 bits per heavy atom. The van der Waals surface area contributed by atoms with Crippen molar-refractivity contribution in [2.75, 3.05) is 19.8 Å². The fraction of sp³-hybridized carbons (Fsp3) is 0.455. The summed E-state index contributed by atoms with van der Waals surface area (Å²) >= 11 is -1.31. The molecule has 2 aromatic heterocycles. The number of benzene rings is 1.